The maximum Gasteiger partial charge on any atom is 0.209 e. The molecular formula is C24H31N7OS. The van der Waals surface area contributed by atoms with Crippen LogP contribution < -0.4 is 10.6 Å². The Morgan fingerprint density at radius 3 is 2.85 bits per heavy atom. The van der Waals surface area contributed by atoms with E-state index in [1.54, 1.807) is 17.2 Å². The number of pyridine rings is 1. The maximum atomic E-state index is 11.2. The van der Waals surface area contributed by atoms with Gasteiger partial charge in [0.25, 0.3) is 0 Å². The lowest BCUT2D eigenvalue weighted by Gasteiger charge is -2.17. The van der Waals surface area contributed by atoms with Gasteiger partial charge in [0, 0.05) is 62.1 Å². The number of thioether (sulfide) groups is 1. The highest BCUT2D eigenvalue weighted by atomic mass is 32.2. The Bertz CT molecular complexity index is 1050. The van der Waals surface area contributed by atoms with Crippen LogP contribution >= 0.6 is 11.8 Å². The number of aromatic nitrogens is 2. The molecule has 0 saturated carbocycles. The number of hydrogen-bond donors (Lipinski definition) is 3. The molecule has 3 N–H and O–H groups in total. The number of amides is 1. The summed E-state index contributed by atoms with van der Waals surface area (Å²) in [4.78, 5) is 17.5. The predicted octanol–water partition coefficient (Wildman–Crippen LogP) is 3.35. The van der Waals surface area contributed by atoms with Crippen molar-refractivity contribution in [2.45, 2.75) is 6.92 Å². The van der Waals surface area contributed by atoms with Crippen molar-refractivity contribution in [2.75, 3.05) is 44.3 Å². The van der Waals surface area contributed by atoms with Crippen molar-refractivity contribution in [2.24, 2.45) is 7.05 Å². The second-order valence-corrected chi connectivity index (χ2v) is 8.29. The first-order valence-electron chi connectivity index (χ1n) is 10.7. The van der Waals surface area contributed by atoms with Crippen molar-refractivity contribution in [1.82, 2.24) is 19.8 Å². The zero-order valence-electron chi connectivity index (χ0n) is 19.4. The molecule has 2 rings (SSSR count). The van der Waals surface area contributed by atoms with Gasteiger partial charge in [-0.2, -0.15) is 5.26 Å². The molecule has 8 nitrogen and oxygen atoms in total. The minimum absolute atomic E-state index is 0.407. The largest absolute Gasteiger partial charge is 0.385 e. The van der Waals surface area contributed by atoms with E-state index in [-0.39, 0.29) is 0 Å². The second-order valence-electron chi connectivity index (χ2n) is 7.19. The lowest BCUT2D eigenvalue weighted by molar-refractivity contribution is -0.117. The van der Waals surface area contributed by atoms with E-state index in [4.69, 9.17) is 10.7 Å². The fraction of sp³-hybridized carbons (Fsp3) is 0.333. The number of allylic oxidation sites excluding steroid dienone is 2. The van der Waals surface area contributed by atoms with Gasteiger partial charge in [0.15, 0.2) is 0 Å². The summed E-state index contributed by atoms with van der Waals surface area (Å²) in [6.45, 7) is 8.34. The zero-order chi connectivity index (χ0) is 24.2. The van der Waals surface area contributed by atoms with Crippen molar-refractivity contribution < 1.29 is 4.79 Å². The third-order valence-corrected chi connectivity index (χ3v) is 5.91. The van der Waals surface area contributed by atoms with Gasteiger partial charge >= 0.3 is 0 Å². The van der Waals surface area contributed by atoms with Crippen molar-refractivity contribution in [3.63, 3.8) is 0 Å². The summed E-state index contributed by atoms with van der Waals surface area (Å²) in [6, 6.07) is 7.95. The molecule has 9 heteroatoms. The molecule has 0 bridgehead atoms. The van der Waals surface area contributed by atoms with Gasteiger partial charge in [-0.25, -0.2) is 0 Å². The first-order valence-corrected chi connectivity index (χ1v) is 11.7. The molecule has 0 unspecified atom stereocenters. The van der Waals surface area contributed by atoms with Gasteiger partial charge in [-0.15, -0.1) is 11.8 Å². The molecule has 0 aliphatic carbocycles. The van der Waals surface area contributed by atoms with Gasteiger partial charge in [0.1, 0.15) is 0 Å². The Labute approximate surface area is 199 Å². The summed E-state index contributed by atoms with van der Waals surface area (Å²) >= 11 is 1.40. The molecule has 33 heavy (non-hydrogen) atoms. The molecule has 0 atom stereocenters. The first-order chi connectivity index (χ1) is 16.0. The van der Waals surface area contributed by atoms with Crippen LogP contribution in [0.3, 0.4) is 0 Å². The van der Waals surface area contributed by atoms with Gasteiger partial charge in [0.2, 0.25) is 6.41 Å². The number of carbonyl (C=O) groups excluding carboxylic acids is 1. The average molecular weight is 466 g/mol. The Hall–Kier alpha value is -3.35. The van der Waals surface area contributed by atoms with Gasteiger partial charge in [-0.3, -0.25) is 15.2 Å². The number of nitrogens with one attached hydrogen (secondary N) is 3. The topological polar surface area (TPSA) is 110 Å². The molecule has 2 heterocycles. The van der Waals surface area contributed by atoms with Crippen LogP contribution in [0.25, 0.3) is 17.5 Å². The molecule has 0 spiro atoms. The number of anilines is 1. The minimum Gasteiger partial charge on any atom is -0.385 e. The lowest BCUT2D eigenvalue weighted by atomic mass is 10.2. The van der Waals surface area contributed by atoms with Crippen LogP contribution in [0.2, 0.25) is 0 Å². The Kier molecular flexibility index (Phi) is 10.4. The molecule has 0 aliphatic rings. The number of likely N-dealkylation sites (N-methyl/N-ethyl adjacent to an activating group) is 1. The molecule has 174 valence electrons. The molecule has 0 radical (unpaired) electrons. The molecule has 1 amide bonds. The molecule has 2 aromatic rings. The van der Waals surface area contributed by atoms with E-state index >= 15 is 0 Å². The highest BCUT2D eigenvalue weighted by molar-refractivity contribution is 8.14. The molecule has 0 aromatic carbocycles. The summed E-state index contributed by atoms with van der Waals surface area (Å²) in [6.07, 6.45) is 5.87. The molecule has 0 saturated heterocycles. The Morgan fingerprint density at radius 2 is 2.21 bits per heavy atom. The summed E-state index contributed by atoms with van der Waals surface area (Å²) in [5.74, 6) is 0.632. The van der Waals surface area contributed by atoms with Gasteiger partial charge in [0.05, 0.1) is 28.1 Å². The monoisotopic (exact) mass is 465 g/mol. The Morgan fingerprint density at radius 1 is 1.42 bits per heavy atom. The average Bonchev–Trinajstić information content (AvgIpc) is 3.19. The fourth-order valence-electron chi connectivity index (χ4n) is 3.15. The van der Waals surface area contributed by atoms with E-state index in [9.17, 15) is 4.79 Å². The van der Waals surface area contributed by atoms with Crippen LogP contribution in [-0.4, -0.2) is 64.9 Å². The number of hydrogen-bond acceptors (Lipinski definition) is 7. The van der Waals surface area contributed by atoms with Crippen LogP contribution in [0, 0.1) is 16.7 Å². The summed E-state index contributed by atoms with van der Waals surface area (Å²) in [7, 11) is 3.77. The van der Waals surface area contributed by atoms with Gasteiger partial charge in [-0.1, -0.05) is 12.7 Å². The van der Waals surface area contributed by atoms with Crippen LogP contribution in [0.1, 0.15) is 18.2 Å². The summed E-state index contributed by atoms with van der Waals surface area (Å²) in [5.41, 5.74) is 4.60. The van der Waals surface area contributed by atoms with Crippen molar-refractivity contribution in [3.8, 4) is 17.5 Å². The van der Waals surface area contributed by atoms with E-state index in [0.29, 0.717) is 36.0 Å². The minimum atomic E-state index is 0.407. The standard InChI is InChI=1S/C24H31N7OS/c1-5-18(15-25)13-19-7-8-23(30(19)4)22-14-21(28-6-2)20(16-29-22)24(26)33-12-11-31(17-32)10-9-27-3/h5,7-8,13-14,16-17,26-27H,1,6,9-12H2,2-4H3,(H,28,29)/b18-13+,26-24?. The van der Waals surface area contributed by atoms with Gasteiger partial charge in [-0.05, 0) is 38.2 Å². The molecule has 2 aromatic heterocycles. The first kappa shape index (κ1) is 25.9. The highest BCUT2D eigenvalue weighted by Gasteiger charge is 2.14. The summed E-state index contributed by atoms with van der Waals surface area (Å²) < 4.78 is 1.97. The maximum absolute atomic E-state index is 11.2. The predicted molar refractivity (Wildman–Crippen MR) is 137 cm³/mol. The van der Waals surface area contributed by atoms with Crippen LogP contribution in [0.4, 0.5) is 5.69 Å². The number of nitrogens with zero attached hydrogens (tertiary/aromatic N) is 4. The highest BCUT2D eigenvalue weighted by Crippen LogP contribution is 2.28. The number of nitriles is 1. The third-order valence-electron chi connectivity index (χ3n) is 5.01. The number of carbonyl (C=O) groups is 1. The van der Waals surface area contributed by atoms with E-state index in [2.05, 4.69) is 28.3 Å². The van der Waals surface area contributed by atoms with Crippen LogP contribution in [0.15, 0.2) is 42.6 Å². The lowest BCUT2D eigenvalue weighted by Crippen LogP contribution is -2.31. The van der Waals surface area contributed by atoms with Crippen molar-refractivity contribution >= 4 is 35.0 Å². The van der Waals surface area contributed by atoms with Crippen LogP contribution in [-0.2, 0) is 11.8 Å². The smallest absolute Gasteiger partial charge is 0.209 e. The molecule has 0 fully saturated rings. The normalized spacial score (nSPS) is 11.0. The molecular weight excluding hydrogens is 434 g/mol. The third kappa shape index (κ3) is 7.07. The van der Waals surface area contributed by atoms with Crippen molar-refractivity contribution in [3.05, 3.63) is 53.9 Å². The van der Waals surface area contributed by atoms with Gasteiger partial charge < -0.3 is 20.1 Å². The quantitative estimate of drug-likeness (QED) is 0.138. The van der Waals surface area contributed by atoms with Crippen molar-refractivity contribution in [1.29, 1.82) is 10.7 Å². The van der Waals surface area contributed by atoms with E-state index < -0.39 is 0 Å². The Balaban J connectivity index is 2.21. The molecule has 0 aliphatic heterocycles. The SMILES string of the molecule is C=C/C(C#N)=C\c1ccc(-c2cc(NCC)c(C(=N)SCCN(C=O)CCNC)cn2)n1C. The van der Waals surface area contributed by atoms with E-state index in [1.165, 1.54) is 17.8 Å². The van der Waals surface area contributed by atoms with E-state index in [0.717, 1.165) is 41.3 Å². The van der Waals surface area contributed by atoms with Crippen LogP contribution in [0.5, 0.6) is 0 Å². The summed E-state index contributed by atoms with van der Waals surface area (Å²) in [5, 5.41) is 24.5. The van der Waals surface area contributed by atoms with E-state index in [1.807, 2.05) is 43.8 Å². The fourth-order valence-corrected chi connectivity index (χ4v) is 4.00. The zero-order valence-corrected chi connectivity index (χ0v) is 20.2. The second kappa shape index (κ2) is 13.3. The number of rotatable bonds is 13.